The number of hydrogen-bond donors (Lipinski definition) is 2. The van der Waals surface area contributed by atoms with Gasteiger partial charge in [-0.3, -0.25) is 0 Å². The van der Waals surface area contributed by atoms with Gasteiger partial charge >= 0.3 is 12.4 Å². The number of rotatable bonds is 8. The van der Waals surface area contributed by atoms with Crippen molar-refractivity contribution in [3.8, 4) is 11.5 Å². The molecular formula is C46H34F6O2SiZr. The number of hydrogen-bond acceptors (Lipinski definition) is 2. The molecule has 0 saturated carbocycles. The van der Waals surface area contributed by atoms with Crippen LogP contribution in [0, 0.1) is 0 Å². The number of aromatic hydroxyl groups is 2. The molecule has 0 fully saturated rings. The predicted octanol–water partition coefficient (Wildman–Crippen LogP) is 12.0. The number of allylic oxidation sites excluding steroid dienone is 2. The molecule has 0 bridgehead atoms. The van der Waals surface area contributed by atoms with E-state index in [0.717, 1.165) is 80.2 Å². The third-order valence-corrected chi connectivity index (χ3v) is 16.1. The predicted molar refractivity (Wildman–Crippen MR) is 205 cm³/mol. The Labute approximate surface area is 340 Å². The number of alkyl halides is 6. The van der Waals surface area contributed by atoms with Gasteiger partial charge in [0.1, 0.15) is 19.6 Å². The molecule has 0 spiro atoms. The van der Waals surface area contributed by atoms with E-state index in [9.17, 15) is 36.6 Å². The molecule has 2 aliphatic rings. The Morgan fingerprint density at radius 3 is 1.18 bits per heavy atom. The monoisotopic (exact) mass is 850 g/mol. The molecule has 6 aromatic carbocycles. The first-order valence-electron chi connectivity index (χ1n) is 17.8. The Morgan fingerprint density at radius 2 is 0.804 bits per heavy atom. The third kappa shape index (κ3) is 7.25. The summed E-state index contributed by atoms with van der Waals surface area (Å²) in [7, 11) is -3.53. The molecule has 10 heteroatoms. The fourth-order valence-electron chi connectivity index (χ4n) is 8.60. The second-order valence-corrected chi connectivity index (χ2v) is 18.3. The average Bonchev–Trinajstić information content (AvgIpc) is 3.75. The zero-order chi connectivity index (χ0) is 38.5. The second kappa shape index (κ2) is 15.2. The van der Waals surface area contributed by atoms with Gasteiger partial charge in [0.15, 0.2) is 0 Å². The first-order valence-corrected chi connectivity index (χ1v) is 20.2. The molecule has 0 amide bonds. The smallest absolute Gasteiger partial charge is 0.416 e. The van der Waals surface area contributed by atoms with Gasteiger partial charge in [0.25, 0.3) is 0 Å². The van der Waals surface area contributed by atoms with Crippen molar-refractivity contribution in [2.45, 2.75) is 36.3 Å². The number of phenolic OH excluding ortho intramolecular Hbond substituents is 2. The summed E-state index contributed by atoms with van der Waals surface area (Å²) in [4.78, 5) is 0. The van der Waals surface area contributed by atoms with Crippen LogP contribution in [-0.2, 0) is 50.6 Å². The van der Waals surface area contributed by atoms with Crippen molar-refractivity contribution >= 4 is 20.2 Å². The fourth-order valence-corrected chi connectivity index (χ4v) is 14.3. The van der Waals surface area contributed by atoms with Crippen LogP contribution in [0.2, 0.25) is 0 Å². The first kappa shape index (κ1) is 39.3. The van der Waals surface area contributed by atoms with Crippen LogP contribution in [0.1, 0.15) is 67.5 Å². The zero-order valence-corrected chi connectivity index (χ0v) is 33.2. The van der Waals surface area contributed by atoms with E-state index in [2.05, 4.69) is 0 Å². The summed E-state index contributed by atoms with van der Waals surface area (Å²) in [6.07, 6.45) is -5.31. The van der Waals surface area contributed by atoms with Crippen molar-refractivity contribution in [2.75, 3.05) is 0 Å². The normalized spacial score (nSPS) is 16.4. The molecule has 0 saturated heterocycles. The maximum absolute atomic E-state index is 14.4. The minimum absolute atomic E-state index is 0. The Morgan fingerprint density at radius 1 is 0.446 bits per heavy atom. The topological polar surface area (TPSA) is 40.5 Å². The van der Waals surface area contributed by atoms with E-state index in [-0.39, 0.29) is 48.8 Å². The molecule has 2 aliphatic carbocycles. The van der Waals surface area contributed by atoms with Crippen molar-refractivity contribution in [3.63, 3.8) is 0 Å². The van der Waals surface area contributed by atoms with E-state index in [0.29, 0.717) is 12.1 Å². The van der Waals surface area contributed by atoms with Crippen molar-refractivity contribution in [3.05, 3.63) is 212 Å². The van der Waals surface area contributed by atoms with Crippen molar-refractivity contribution in [1.29, 1.82) is 0 Å². The number of fused-ring (bicyclic) bond motifs is 2. The van der Waals surface area contributed by atoms with Gasteiger partial charge in [-0.2, -0.15) is 26.3 Å². The van der Waals surface area contributed by atoms with Crippen LogP contribution >= 0.6 is 0 Å². The molecule has 2 unspecified atom stereocenters. The fraction of sp³-hybridized carbons (Fsp3) is 0.130. The summed E-state index contributed by atoms with van der Waals surface area (Å²) in [5, 5.41) is 24.6. The van der Waals surface area contributed by atoms with Crippen LogP contribution in [0.4, 0.5) is 26.3 Å². The SMILES string of the molecule is Oc1ccc(C(F)(F)F)cc1C1C([Si](Cc2ccccc2)(Cc2ccccc2)C2=Cc3ccccc3C2c2cc(C(F)(F)F)ccc2O)=Cc2ccccc21.[Zr]. The van der Waals surface area contributed by atoms with E-state index < -0.39 is 43.4 Å². The van der Waals surface area contributed by atoms with Crippen LogP contribution in [0.25, 0.3) is 12.2 Å². The number of phenols is 2. The summed E-state index contributed by atoms with van der Waals surface area (Å²) < 4.78 is 86.3. The van der Waals surface area contributed by atoms with Gasteiger partial charge < -0.3 is 10.2 Å². The molecular weight excluding hydrogens is 818 g/mol. The molecule has 2 N–H and O–H groups in total. The molecule has 0 heterocycles. The van der Waals surface area contributed by atoms with E-state index in [1.165, 1.54) is 0 Å². The van der Waals surface area contributed by atoms with E-state index in [1.54, 1.807) is 0 Å². The summed E-state index contributed by atoms with van der Waals surface area (Å²) in [5.41, 5.74) is 3.29. The first-order chi connectivity index (χ1) is 26.3. The van der Waals surface area contributed by atoms with Gasteiger partial charge in [-0.15, -0.1) is 0 Å². The minimum atomic E-state index is -4.69. The minimum Gasteiger partial charge on any atom is -0.508 e. The molecule has 2 atom stereocenters. The van der Waals surface area contributed by atoms with Crippen LogP contribution < -0.4 is 0 Å². The van der Waals surface area contributed by atoms with Gasteiger partial charge in [0, 0.05) is 49.2 Å². The van der Waals surface area contributed by atoms with E-state index in [1.807, 2.05) is 121 Å². The molecule has 56 heavy (non-hydrogen) atoms. The van der Waals surface area contributed by atoms with Crippen molar-refractivity contribution in [1.82, 2.24) is 0 Å². The Hall–Kier alpha value is -4.92. The standard InChI is InChI=1S/C46H34F6O2Si.Zr/c47-45(48,49)33-19-21-39(53)37(25-33)43-35-17-9-7-15-31(35)23-41(43)55(27-29-11-3-1-4-12-29,28-30-13-5-2-6-14-30)42-24-32-16-8-10-18-36(32)44(42)38-26-34(46(50,51)52)20-22-40(38)54;/h1-26,43-44,53-54H,27-28H2;. The van der Waals surface area contributed by atoms with Crippen molar-refractivity contribution < 1.29 is 62.8 Å². The van der Waals surface area contributed by atoms with Gasteiger partial charge in [0.2, 0.25) is 0 Å². The third-order valence-electron chi connectivity index (χ3n) is 11.0. The molecule has 6 aromatic rings. The van der Waals surface area contributed by atoms with Gasteiger partial charge in [-0.05, 0) is 70.7 Å². The second-order valence-electron chi connectivity index (χ2n) is 14.3. The van der Waals surface area contributed by atoms with Crippen LogP contribution in [0.15, 0.2) is 156 Å². The van der Waals surface area contributed by atoms with E-state index >= 15 is 0 Å². The zero-order valence-electron chi connectivity index (χ0n) is 29.7. The molecule has 2 nitrogen and oxygen atoms in total. The average molecular weight is 852 g/mol. The van der Waals surface area contributed by atoms with Gasteiger partial charge in [-0.25, -0.2) is 0 Å². The Kier molecular flexibility index (Phi) is 10.7. The quantitative estimate of drug-likeness (QED) is 0.118. The molecule has 0 aliphatic heterocycles. The van der Waals surface area contributed by atoms with Gasteiger partial charge in [0.05, 0.1) is 11.1 Å². The van der Waals surface area contributed by atoms with Crippen molar-refractivity contribution in [2.24, 2.45) is 0 Å². The Balaban J connectivity index is 0.00000480. The van der Waals surface area contributed by atoms with Crippen LogP contribution in [0.5, 0.6) is 11.5 Å². The largest absolute Gasteiger partial charge is 0.508 e. The number of benzene rings is 6. The maximum Gasteiger partial charge on any atom is 0.416 e. The molecule has 0 radical (unpaired) electrons. The maximum atomic E-state index is 14.4. The molecule has 8 rings (SSSR count). The Bertz CT molecular complexity index is 2290. The summed E-state index contributed by atoms with van der Waals surface area (Å²) in [6.45, 7) is 0. The summed E-state index contributed by atoms with van der Waals surface area (Å²) in [5.74, 6) is -2.23. The molecule has 0 aromatic heterocycles. The van der Waals surface area contributed by atoms with Gasteiger partial charge in [-0.1, -0.05) is 143 Å². The summed E-state index contributed by atoms with van der Waals surface area (Å²) in [6, 6.07) is 41.1. The van der Waals surface area contributed by atoms with E-state index in [4.69, 9.17) is 0 Å². The van der Waals surface area contributed by atoms with Crippen LogP contribution in [0.3, 0.4) is 0 Å². The van der Waals surface area contributed by atoms with Crippen LogP contribution in [-0.4, -0.2) is 18.3 Å². The number of halogens is 6. The molecule has 280 valence electrons. The summed E-state index contributed by atoms with van der Waals surface area (Å²) >= 11 is 0.